The Morgan fingerprint density at radius 1 is 0.887 bits per heavy atom. The van der Waals surface area contributed by atoms with Crippen molar-refractivity contribution >= 4 is 47.2 Å². The largest absolute Gasteiger partial charge is 0.478 e. The highest BCUT2D eigenvalue weighted by Crippen LogP contribution is 2.32. The molecular formula is C41H49F5N6O10. The molecule has 2 aliphatic rings. The molecule has 2 aromatic carbocycles. The second-order valence-electron chi connectivity index (χ2n) is 16.1. The highest BCUT2D eigenvalue weighted by atomic mass is 19.2. The fraction of sp³-hybridized carbons (Fsp3) is 0.512. The Hall–Kier alpha value is -5.99. The summed E-state index contributed by atoms with van der Waals surface area (Å²) < 4.78 is 78.0. The number of aromatic carboxylic acids is 1. The van der Waals surface area contributed by atoms with E-state index in [1.54, 1.807) is 27.7 Å². The van der Waals surface area contributed by atoms with Crippen molar-refractivity contribution in [3.8, 4) is 0 Å². The van der Waals surface area contributed by atoms with Crippen LogP contribution in [0.1, 0.15) is 111 Å². The van der Waals surface area contributed by atoms with Crippen molar-refractivity contribution in [1.29, 1.82) is 0 Å². The van der Waals surface area contributed by atoms with Crippen molar-refractivity contribution in [3.63, 3.8) is 0 Å². The van der Waals surface area contributed by atoms with Crippen LogP contribution in [0.2, 0.25) is 0 Å². The zero-order valence-electron chi connectivity index (χ0n) is 34.4. The number of likely N-dealkylation sites (tertiary alicyclic amines) is 1. The van der Waals surface area contributed by atoms with E-state index in [2.05, 4.69) is 21.3 Å². The maximum Gasteiger partial charge on any atom is 0.339 e. The number of carbonyl (C=O) groups is 8. The molecule has 16 nitrogen and oxygen atoms in total. The number of halogens is 5. The standard InChI is InChI=1S/C41H49F5N6O10/c1-5-10-23(34(54)38(58)48-17-25(53)50-32(35(47)55)20-13-9-14-21(42)15-20)49-36(56)24-16-22(62-41(2,3)4)18-52(24)39(59)33(19-11-7-6-8-12-19)51-37(57)26-27(40(60)61)29(44)31(46)30(45)28(26)43/h9,13-15,19,22-24,32-33H,5-8,10-12,16-18H2,1-4H3,(H2,47,55)(H,48,58)(H,49,56)(H,50,53)(H,51,57)(H,60,61). The van der Waals surface area contributed by atoms with Crippen LogP contribution in [0.3, 0.4) is 0 Å². The van der Waals surface area contributed by atoms with Gasteiger partial charge < -0.3 is 41.7 Å². The lowest BCUT2D eigenvalue weighted by atomic mass is 9.83. The summed E-state index contributed by atoms with van der Waals surface area (Å²) >= 11 is 0. The summed E-state index contributed by atoms with van der Waals surface area (Å²) in [7, 11) is 0. The molecule has 0 bridgehead atoms. The molecule has 2 aromatic rings. The lowest BCUT2D eigenvalue weighted by molar-refractivity contribution is -0.143. The van der Waals surface area contributed by atoms with Gasteiger partial charge in [0.1, 0.15) is 29.5 Å². The summed E-state index contributed by atoms with van der Waals surface area (Å²) in [6.07, 6.45) is 1.61. The van der Waals surface area contributed by atoms with E-state index in [9.17, 15) is 61.0 Å². The first-order valence-electron chi connectivity index (χ1n) is 19.9. The van der Waals surface area contributed by atoms with Gasteiger partial charge in [0.25, 0.3) is 11.8 Å². The molecule has 1 aliphatic carbocycles. The van der Waals surface area contributed by atoms with Gasteiger partial charge in [-0.05, 0) is 63.6 Å². The first-order valence-corrected chi connectivity index (χ1v) is 19.9. The molecule has 1 heterocycles. The number of amides is 6. The molecule has 2 fully saturated rings. The number of carboxylic acids is 1. The van der Waals surface area contributed by atoms with Gasteiger partial charge in [-0.15, -0.1) is 0 Å². The van der Waals surface area contributed by atoms with E-state index in [1.165, 1.54) is 12.1 Å². The number of rotatable bonds is 17. The van der Waals surface area contributed by atoms with Crippen LogP contribution in [0.25, 0.3) is 0 Å². The van der Waals surface area contributed by atoms with E-state index in [0.29, 0.717) is 25.7 Å². The summed E-state index contributed by atoms with van der Waals surface area (Å²) in [4.78, 5) is 106. The fourth-order valence-electron chi connectivity index (χ4n) is 7.61. The second-order valence-corrected chi connectivity index (χ2v) is 16.1. The van der Waals surface area contributed by atoms with Gasteiger partial charge in [-0.25, -0.2) is 26.7 Å². The highest BCUT2D eigenvalue weighted by Gasteiger charge is 2.47. The molecule has 21 heteroatoms. The molecule has 7 N–H and O–H groups in total. The first kappa shape index (κ1) is 48.7. The Kier molecular flexibility index (Phi) is 16.3. The van der Waals surface area contributed by atoms with Crippen molar-refractivity contribution in [3.05, 3.63) is 70.0 Å². The van der Waals surface area contributed by atoms with E-state index in [-0.39, 0.29) is 31.4 Å². The Labute approximate surface area is 352 Å². The van der Waals surface area contributed by atoms with Gasteiger partial charge in [0.15, 0.2) is 23.3 Å². The van der Waals surface area contributed by atoms with Crippen molar-refractivity contribution in [2.45, 2.75) is 115 Å². The molecule has 0 radical (unpaired) electrons. The third kappa shape index (κ3) is 11.9. The lowest BCUT2D eigenvalue weighted by Crippen LogP contribution is -2.58. The van der Waals surface area contributed by atoms with E-state index in [1.807, 2.05) is 0 Å². The average Bonchev–Trinajstić information content (AvgIpc) is 3.63. The second kappa shape index (κ2) is 20.7. The number of benzene rings is 2. The van der Waals surface area contributed by atoms with Gasteiger partial charge in [0.05, 0.1) is 29.9 Å². The third-order valence-corrected chi connectivity index (χ3v) is 10.4. The van der Waals surface area contributed by atoms with E-state index in [0.717, 1.165) is 23.5 Å². The Balaban J connectivity index is 1.58. The van der Waals surface area contributed by atoms with Gasteiger partial charge >= 0.3 is 5.97 Å². The molecule has 0 spiro atoms. The number of hydrogen-bond acceptors (Lipinski definition) is 9. The van der Waals surface area contributed by atoms with Gasteiger partial charge in [-0.1, -0.05) is 44.7 Å². The van der Waals surface area contributed by atoms with Crippen LogP contribution >= 0.6 is 0 Å². The third-order valence-electron chi connectivity index (χ3n) is 10.4. The fourth-order valence-corrected chi connectivity index (χ4v) is 7.61. The molecule has 62 heavy (non-hydrogen) atoms. The summed E-state index contributed by atoms with van der Waals surface area (Å²) in [5.74, 6) is -21.4. The minimum atomic E-state index is -2.47. The van der Waals surface area contributed by atoms with Crippen LogP contribution in [-0.2, 0) is 33.5 Å². The quantitative estimate of drug-likeness (QED) is 0.0588. The lowest BCUT2D eigenvalue weighted by Gasteiger charge is -2.35. The normalized spacial score (nSPS) is 18.2. The molecule has 1 saturated carbocycles. The smallest absolute Gasteiger partial charge is 0.339 e. The molecule has 0 aromatic heterocycles. The Morgan fingerprint density at radius 2 is 1.52 bits per heavy atom. The Bertz CT molecular complexity index is 2090. The van der Waals surface area contributed by atoms with Crippen molar-refractivity contribution in [2.75, 3.05) is 13.1 Å². The molecule has 4 rings (SSSR count). The summed E-state index contributed by atoms with van der Waals surface area (Å²) in [5, 5.41) is 18.6. The molecule has 1 saturated heterocycles. The van der Waals surface area contributed by atoms with Crippen LogP contribution in [0.5, 0.6) is 0 Å². The first-order chi connectivity index (χ1) is 29.1. The minimum Gasteiger partial charge on any atom is -0.478 e. The summed E-state index contributed by atoms with van der Waals surface area (Å²) in [5.41, 5.74) is 1.07. The molecule has 5 atom stereocenters. The van der Waals surface area contributed by atoms with Gasteiger partial charge in [-0.2, -0.15) is 0 Å². The molecule has 5 unspecified atom stereocenters. The number of ketones is 1. The van der Waals surface area contributed by atoms with E-state index < -0.39 is 136 Å². The molecular weight excluding hydrogens is 831 g/mol. The maximum atomic E-state index is 15.1. The number of nitrogens with two attached hydrogens (primary N) is 1. The monoisotopic (exact) mass is 880 g/mol. The number of nitrogens with zero attached hydrogens (tertiary/aromatic N) is 1. The maximum absolute atomic E-state index is 15.1. The van der Waals surface area contributed by atoms with Gasteiger partial charge in [-0.3, -0.25) is 33.6 Å². The zero-order valence-corrected chi connectivity index (χ0v) is 34.4. The average molecular weight is 881 g/mol. The van der Waals surface area contributed by atoms with Crippen LogP contribution < -0.4 is 27.0 Å². The molecule has 338 valence electrons. The topological polar surface area (TPSA) is 243 Å². The highest BCUT2D eigenvalue weighted by molar-refractivity contribution is 6.38. The number of ether oxygens (including phenoxy) is 1. The van der Waals surface area contributed by atoms with Crippen LogP contribution in [-0.4, -0.2) is 100 Å². The van der Waals surface area contributed by atoms with Crippen LogP contribution in [0.4, 0.5) is 22.0 Å². The van der Waals surface area contributed by atoms with Gasteiger partial charge in [0.2, 0.25) is 29.4 Å². The number of nitrogens with one attached hydrogen (secondary N) is 4. The number of primary amides is 1. The SMILES string of the molecule is CCCC(NC(=O)C1CC(OC(C)(C)C)CN1C(=O)C(NC(=O)c1c(F)c(F)c(F)c(F)c1C(=O)O)C1CCCCC1)C(=O)C(=O)NCC(=O)NC(C(N)=O)c1cccc(F)c1. The minimum absolute atomic E-state index is 0.0147. The summed E-state index contributed by atoms with van der Waals surface area (Å²) in [6.45, 7) is 5.65. The van der Waals surface area contributed by atoms with E-state index >= 15 is 4.39 Å². The summed E-state index contributed by atoms with van der Waals surface area (Å²) in [6, 6.07) is -1.37. The van der Waals surface area contributed by atoms with Crippen LogP contribution in [0, 0.1) is 35.0 Å². The Morgan fingerprint density at radius 3 is 2.08 bits per heavy atom. The molecule has 6 amide bonds. The predicted octanol–water partition coefficient (Wildman–Crippen LogP) is 2.86. The molecule has 1 aliphatic heterocycles. The number of Topliss-reactive ketones (excluding diaryl/α,β-unsaturated/α-hetero) is 1. The van der Waals surface area contributed by atoms with Gasteiger partial charge in [0, 0.05) is 13.0 Å². The number of carbonyl (C=O) groups excluding carboxylic acids is 7. The predicted molar refractivity (Wildman–Crippen MR) is 207 cm³/mol. The van der Waals surface area contributed by atoms with Crippen molar-refractivity contribution in [2.24, 2.45) is 11.7 Å². The number of carboxylic acid groups (broad SMARTS) is 1. The number of hydrogen-bond donors (Lipinski definition) is 6. The van der Waals surface area contributed by atoms with Crippen molar-refractivity contribution < 1.29 is 70.2 Å². The van der Waals surface area contributed by atoms with Crippen molar-refractivity contribution in [1.82, 2.24) is 26.2 Å². The van der Waals surface area contributed by atoms with Crippen LogP contribution in [0.15, 0.2) is 24.3 Å². The van der Waals surface area contributed by atoms with E-state index in [4.69, 9.17) is 10.5 Å². The zero-order chi connectivity index (χ0) is 46.2.